The summed E-state index contributed by atoms with van der Waals surface area (Å²) >= 11 is 12.0. The molecular formula is C19H20Cl2N2O3. The third kappa shape index (κ3) is 5.64. The highest BCUT2D eigenvalue weighted by Gasteiger charge is 2.15. The first-order valence-corrected chi connectivity index (χ1v) is 8.79. The van der Waals surface area contributed by atoms with E-state index in [-0.39, 0.29) is 24.8 Å². The Morgan fingerprint density at radius 1 is 1.12 bits per heavy atom. The Labute approximate surface area is 162 Å². The predicted molar refractivity (Wildman–Crippen MR) is 104 cm³/mol. The van der Waals surface area contributed by atoms with E-state index >= 15 is 0 Å². The van der Waals surface area contributed by atoms with Gasteiger partial charge in [0.05, 0.1) is 12.1 Å². The lowest BCUT2D eigenvalue weighted by atomic mass is 10.2. The van der Waals surface area contributed by atoms with E-state index in [1.165, 1.54) is 18.9 Å². The fourth-order valence-corrected chi connectivity index (χ4v) is 2.77. The average Bonchev–Trinajstić information content (AvgIpc) is 2.61. The Bertz CT molecular complexity index is 779. The molecule has 0 saturated carbocycles. The van der Waals surface area contributed by atoms with Crippen LogP contribution in [0.25, 0.3) is 0 Å². The number of methoxy groups -OCH3 is 1. The van der Waals surface area contributed by atoms with E-state index in [0.717, 1.165) is 5.56 Å². The van der Waals surface area contributed by atoms with Crippen molar-refractivity contribution in [3.8, 4) is 5.75 Å². The number of halogens is 2. The number of rotatable bonds is 7. The van der Waals surface area contributed by atoms with Gasteiger partial charge in [0.15, 0.2) is 0 Å². The fraction of sp³-hybridized carbons (Fsp3) is 0.263. The van der Waals surface area contributed by atoms with Gasteiger partial charge in [0.1, 0.15) is 5.75 Å². The molecule has 0 spiro atoms. The Morgan fingerprint density at radius 2 is 1.81 bits per heavy atom. The van der Waals surface area contributed by atoms with Crippen molar-refractivity contribution >= 4 is 40.7 Å². The molecular weight excluding hydrogens is 375 g/mol. The fourth-order valence-electron chi connectivity index (χ4n) is 2.40. The summed E-state index contributed by atoms with van der Waals surface area (Å²) in [5.41, 5.74) is 1.57. The second kappa shape index (κ2) is 9.46. The first-order valence-electron chi connectivity index (χ1n) is 8.03. The van der Waals surface area contributed by atoms with Gasteiger partial charge < -0.3 is 15.0 Å². The van der Waals surface area contributed by atoms with Crippen molar-refractivity contribution in [1.82, 2.24) is 5.32 Å². The molecule has 0 aliphatic carbocycles. The normalized spacial score (nSPS) is 10.3. The van der Waals surface area contributed by atoms with Crippen molar-refractivity contribution in [1.29, 1.82) is 0 Å². The van der Waals surface area contributed by atoms with Crippen LogP contribution in [0.15, 0.2) is 42.5 Å². The Kier molecular flexibility index (Phi) is 7.30. The number of anilines is 1. The summed E-state index contributed by atoms with van der Waals surface area (Å²) in [5, 5.41) is 3.88. The molecule has 0 atom stereocenters. The van der Waals surface area contributed by atoms with Gasteiger partial charge in [-0.15, -0.1) is 0 Å². The van der Waals surface area contributed by atoms with E-state index in [4.69, 9.17) is 27.9 Å². The maximum Gasteiger partial charge on any atom is 0.223 e. The van der Waals surface area contributed by atoms with Gasteiger partial charge in [-0.25, -0.2) is 0 Å². The van der Waals surface area contributed by atoms with Crippen LogP contribution in [0.3, 0.4) is 0 Å². The zero-order chi connectivity index (χ0) is 19.1. The van der Waals surface area contributed by atoms with Crippen molar-refractivity contribution < 1.29 is 14.3 Å². The average molecular weight is 395 g/mol. The van der Waals surface area contributed by atoms with Crippen LogP contribution in [0.4, 0.5) is 5.69 Å². The van der Waals surface area contributed by atoms with Gasteiger partial charge in [-0.05, 0) is 35.9 Å². The number of nitrogens with one attached hydrogen (secondary N) is 1. The van der Waals surface area contributed by atoms with Gasteiger partial charge in [0, 0.05) is 37.1 Å². The largest absolute Gasteiger partial charge is 0.495 e. The minimum atomic E-state index is -0.170. The molecule has 1 N–H and O–H groups in total. The number of hydrogen-bond acceptors (Lipinski definition) is 3. The number of carbonyl (C=O) groups is 2. The van der Waals surface area contributed by atoms with Crippen LogP contribution >= 0.6 is 23.2 Å². The summed E-state index contributed by atoms with van der Waals surface area (Å²) in [6.45, 7) is 2.11. The molecule has 2 aromatic carbocycles. The van der Waals surface area contributed by atoms with Gasteiger partial charge >= 0.3 is 0 Å². The topological polar surface area (TPSA) is 58.6 Å². The van der Waals surface area contributed by atoms with E-state index in [9.17, 15) is 9.59 Å². The first-order chi connectivity index (χ1) is 12.4. The molecule has 5 nitrogen and oxygen atoms in total. The number of carbonyl (C=O) groups excluding carboxylic acids is 2. The molecule has 138 valence electrons. The summed E-state index contributed by atoms with van der Waals surface area (Å²) < 4.78 is 5.11. The van der Waals surface area contributed by atoms with Crippen molar-refractivity contribution in [3.63, 3.8) is 0 Å². The highest BCUT2D eigenvalue weighted by molar-refractivity contribution is 6.32. The van der Waals surface area contributed by atoms with Gasteiger partial charge in [-0.1, -0.05) is 35.3 Å². The smallest absolute Gasteiger partial charge is 0.223 e. The quantitative estimate of drug-likeness (QED) is 0.769. The number of benzene rings is 2. The number of nitrogens with zero attached hydrogens (tertiary/aromatic N) is 1. The minimum Gasteiger partial charge on any atom is -0.495 e. The molecule has 0 saturated heterocycles. The molecule has 0 aromatic heterocycles. The van der Waals surface area contributed by atoms with Crippen LogP contribution in [-0.4, -0.2) is 25.5 Å². The lowest BCUT2D eigenvalue weighted by molar-refractivity contribution is -0.121. The summed E-state index contributed by atoms with van der Waals surface area (Å²) in [5.74, 6) is 0.210. The highest BCUT2D eigenvalue weighted by atomic mass is 35.5. The highest BCUT2D eigenvalue weighted by Crippen LogP contribution is 2.29. The zero-order valence-corrected chi connectivity index (χ0v) is 16.1. The third-order valence-corrected chi connectivity index (χ3v) is 4.34. The van der Waals surface area contributed by atoms with Crippen molar-refractivity contribution in [2.45, 2.75) is 19.9 Å². The molecule has 2 amide bonds. The predicted octanol–water partition coefficient (Wildman–Crippen LogP) is 4.06. The summed E-state index contributed by atoms with van der Waals surface area (Å²) in [7, 11) is 1.52. The standard InChI is InChI=1S/C19H20Cl2N2O3/c1-13(24)23(16-7-8-18(26-2)17(21)11-16)10-9-19(25)22-12-14-3-5-15(20)6-4-14/h3-8,11H,9-10,12H2,1-2H3,(H,22,25). The van der Waals surface area contributed by atoms with Crippen LogP contribution in [-0.2, 0) is 16.1 Å². The monoisotopic (exact) mass is 394 g/mol. The van der Waals surface area contributed by atoms with Crippen LogP contribution < -0.4 is 15.0 Å². The van der Waals surface area contributed by atoms with E-state index < -0.39 is 0 Å². The lowest BCUT2D eigenvalue weighted by Crippen LogP contribution is -2.33. The molecule has 0 unspecified atom stereocenters. The van der Waals surface area contributed by atoms with Crippen molar-refractivity contribution in [2.24, 2.45) is 0 Å². The molecule has 26 heavy (non-hydrogen) atoms. The van der Waals surface area contributed by atoms with Gasteiger partial charge in [-0.2, -0.15) is 0 Å². The van der Waals surface area contributed by atoms with Gasteiger partial charge in [-0.3, -0.25) is 9.59 Å². The van der Waals surface area contributed by atoms with Crippen molar-refractivity contribution in [3.05, 3.63) is 58.1 Å². The zero-order valence-electron chi connectivity index (χ0n) is 14.6. The van der Waals surface area contributed by atoms with E-state index in [1.807, 2.05) is 12.1 Å². The van der Waals surface area contributed by atoms with Crippen LogP contribution in [0, 0.1) is 0 Å². The lowest BCUT2D eigenvalue weighted by Gasteiger charge is -2.21. The Hall–Kier alpha value is -2.24. The first kappa shape index (κ1) is 20.1. The van der Waals surface area contributed by atoms with E-state index in [0.29, 0.717) is 28.0 Å². The van der Waals surface area contributed by atoms with Crippen molar-refractivity contribution in [2.75, 3.05) is 18.6 Å². The third-order valence-electron chi connectivity index (χ3n) is 3.79. The maximum absolute atomic E-state index is 12.1. The molecule has 2 rings (SSSR count). The molecule has 0 fully saturated rings. The molecule has 0 aliphatic rings. The SMILES string of the molecule is COc1ccc(N(CCC(=O)NCc2ccc(Cl)cc2)C(C)=O)cc1Cl. The Balaban J connectivity index is 1.93. The van der Waals surface area contributed by atoms with Crippen LogP contribution in [0.1, 0.15) is 18.9 Å². The molecule has 0 heterocycles. The van der Waals surface area contributed by atoms with Crippen LogP contribution in [0.2, 0.25) is 10.0 Å². The minimum absolute atomic E-state index is 0.147. The Morgan fingerprint density at radius 3 is 2.38 bits per heavy atom. The number of ether oxygens (including phenoxy) is 1. The molecule has 0 bridgehead atoms. The van der Waals surface area contributed by atoms with Crippen LogP contribution in [0.5, 0.6) is 5.75 Å². The molecule has 0 radical (unpaired) electrons. The van der Waals surface area contributed by atoms with Gasteiger partial charge in [0.25, 0.3) is 0 Å². The summed E-state index contributed by atoms with van der Waals surface area (Å²) in [6.07, 6.45) is 0.177. The van der Waals surface area contributed by atoms with Gasteiger partial charge in [0.2, 0.25) is 11.8 Å². The van der Waals surface area contributed by atoms with E-state index in [1.54, 1.807) is 30.3 Å². The summed E-state index contributed by atoms with van der Waals surface area (Å²) in [4.78, 5) is 25.5. The maximum atomic E-state index is 12.1. The number of amides is 2. The molecule has 2 aromatic rings. The number of hydrogen-bond donors (Lipinski definition) is 1. The summed E-state index contributed by atoms with van der Waals surface area (Å²) in [6, 6.07) is 12.3. The molecule has 7 heteroatoms. The second-order valence-electron chi connectivity index (χ2n) is 5.64. The van der Waals surface area contributed by atoms with E-state index in [2.05, 4.69) is 5.32 Å². The second-order valence-corrected chi connectivity index (χ2v) is 6.49. The molecule has 0 aliphatic heterocycles.